The van der Waals surface area contributed by atoms with Gasteiger partial charge in [0.2, 0.25) is 0 Å². The number of hydrogen-bond acceptors (Lipinski definition) is 4. The van der Waals surface area contributed by atoms with Gasteiger partial charge in [-0.2, -0.15) is 0 Å². The highest BCUT2D eigenvalue weighted by Crippen LogP contribution is 2.23. The molecule has 0 saturated heterocycles. The summed E-state index contributed by atoms with van der Waals surface area (Å²) in [6.45, 7) is 0.758. The Balaban J connectivity index is 2.06. The van der Waals surface area contributed by atoms with E-state index in [0.717, 1.165) is 24.3 Å². The van der Waals surface area contributed by atoms with E-state index in [4.69, 9.17) is 10.8 Å². The van der Waals surface area contributed by atoms with Crippen LogP contribution in [-0.4, -0.2) is 29.7 Å². The zero-order chi connectivity index (χ0) is 14.5. The standard InChI is InChI=1S/C15H17N3O2/c1-18(9-7-12-4-2-3-8-17-12)14-6-5-11(15(19)20)10-13(14)16/h2-6,8,10H,7,9,16H2,1H3,(H,19,20). The van der Waals surface area contributed by atoms with E-state index >= 15 is 0 Å². The molecule has 104 valence electrons. The maximum absolute atomic E-state index is 10.9. The molecule has 0 radical (unpaired) electrons. The predicted molar refractivity (Wildman–Crippen MR) is 79.0 cm³/mol. The maximum Gasteiger partial charge on any atom is 0.335 e. The summed E-state index contributed by atoms with van der Waals surface area (Å²) in [6.07, 6.45) is 2.57. The molecule has 1 aromatic carbocycles. The van der Waals surface area contributed by atoms with E-state index in [1.807, 2.05) is 30.1 Å². The molecule has 0 aliphatic carbocycles. The average Bonchev–Trinajstić information content (AvgIpc) is 2.45. The lowest BCUT2D eigenvalue weighted by Crippen LogP contribution is -2.22. The fourth-order valence-corrected chi connectivity index (χ4v) is 1.98. The second-order valence-electron chi connectivity index (χ2n) is 4.57. The number of aromatic nitrogens is 1. The molecule has 0 atom stereocenters. The molecule has 2 aromatic rings. The molecule has 0 amide bonds. The van der Waals surface area contributed by atoms with E-state index in [2.05, 4.69) is 4.98 Å². The van der Waals surface area contributed by atoms with E-state index in [-0.39, 0.29) is 5.56 Å². The Kier molecular flexibility index (Phi) is 4.20. The topological polar surface area (TPSA) is 79.5 Å². The lowest BCUT2D eigenvalue weighted by Gasteiger charge is -2.21. The summed E-state index contributed by atoms with van der Waals surface area (Å²) >= 11 is 0. The fourth-order valence-electron chi connectivity index (χ4n) is 1.98. The fraction of sp³-hybridized carbons (Fsp3) is 0.200. The number of hydrogen-bond donors (Lipinski definition) is 2. The van der Waals surface area contributed by atoms with Gasteiger partial charge in [0, 0.05) is 31.9 Å². The largest absolute Gasteiger partial charge is 0.478 e. The minimum atomic E-state index is -0.973. The van der Waals surface area contributed by atoms with Crippen molar-refractivity contribution in [1.82, 2.24) is 4.98 Å². The van der Waals surface area contributed by atoms with Gasteiger partial charge in [-0.3, -0.25) is 4.98 Å². The normalized spacial score (nSPS) is 10.2. The summed E-state index contributed by atoms with van der Waals surface area (Å²) in [6, 6.07) is 10.6. The molecule has 1 aromatic heterocycles. The number of benzene rings is 1. The third-order valence-electron chi connectivity index (χ3n) is 3.12. The average molecular weight is 271 g/mol. The van der Waals surface area contributed by atoms with Gasteiger partial charge in [-0.15, -0.1) is 0 Å². The van der Waals surface area contributed by atoms with Crippen LogP contribution in [0.5, 0.6) is 0 Å². The minimum absolute atomic E-state index is 0.198. The van der Waals surface area contributed by atoms with Crippen molar-refractivity contribution in [2.24, 2.45) is 0 Å². The van der Waals surface area contributed by atoms with Crippen molar-refractivity contribution in [3.63, 3.8) is 0 Å². The quantitative estimate of drug-likeness (QED) is 0.813. The smallest absolute Gasteiger partial charge is 0.335 e. The maximum atomic E-state index is 10.9. The lowest BCUT2D eigenvalue weighted by molar-refractivity contribution is 0.0697. The molecule has 0 fully saturated rings. The highest BCUT2D eigenvalue weighted by molar-refractivity contribution is 5.90. The van der Waals surface area contributed by atoms with Crippen LogP contribution in [0.2, 0.25) is 0 Å². The van der Waals surface area contributed by atoms with Crippen molar-refractivity contribution in [2.45, 2.75) is 6.42 Å². The first-order chi connectivity index (χ1) is 9.58. The van der Waals surface area contributed by atoms with Crippen LogP contribution in [0.3, 0.4) is 0 Å². The molecule has 5 nitrogen and oxygen atoms in total. The van der Waals surface area contributed by atoms with Gasteiger partial charge in [0.05, 0.1) is 16.9 Å². The van der Waals surface area contributed by atoms with Crippen molar-refractivity contribution in [3.05, 3.63) is 53.9 Å². The van der Waals surface area contributed by atoms with Crippen LogP contribution in [-0.2, 0) is 6.42 Å². The zero-order valence-corrected chi connectivity index (χ0v) is 11.3. The first kappa shape index (κ1) is 13.9. The van der Waals surface area contributed by atoms with Gasteiger partial charge in [0.15, 0.2) is 0 Å². The van der Waals surface area contributed by atoms with Gasteiger partial charge >= 0.3 is 5.97 Å². The van der Waals surface area contributed by atoms with Crippen LogP contribution < -0.4 is 10.6 Å². The van der Waals surface area contributed by atoms with E-state index in [9.17, 15) is 4.79 Å². The number of carboxylic acids is 1. The number of nitrogens with two attached hydrogens (primary N) is 1. The Morgan fingerprint density at radius 2 is 2.15 bits per heavy atom. The van der Waals surface area contributed by atoms with Crippen LogP contribution >= 0.6 is 0 Å². The number of likely N-dealkylation sites (N-methyl/N-ethyl adjacent to an activating group) is 1. The van der Waals surface area contributed by atoms with Crippen LogP contribution in [0.25, 0.3) is 0 Å². The predicted octanol–water partition coefficient (Wildman–Crippen LogP) is 2.04. The van der Waals surface area contributed by atoms with Crippen molar-refractivity contribution < 1.29 is 9.90 Å². The van der Waals surface area contributed by atoms with Gasteiger partial charge in [0.25, 0.3) is 0 Å². The Bertz CT molecular complexity index is 599. The summed E-state index contributed by atoms with van der Waals surface area (Å²) < 4.78 is 0. The van der Waals surface area contributed by atoms with Crippen molar-refractivity contribution in [1.29, 1.82) is 0 Å². The van der Waals surface area contributed by atoms with E-state index in [1.54, 1.807) is 18.3 Å². The second kappa shape index (κ2) is 6.06. The Labute approximate surface area is 117 Å². The first-order valence-electron chi connectivity index (χ1n) is 6.32. The van der Waals surface area contributed by atoms with Gasteiger partial charge in [0.1, 0.15) is 0 Å². The lowest BCUT2D eigenvalue weighted by atomic mass is 10.1. The van der Waals surface area contributed by atoms with Crippen molar-refractivity contribution in [2.75, 3.05) is 24.2 Å². The SMILES string of the molecule is CN(CCc1ccccn1)c1ccc(C(=O)O)cc1N. The van der Waals surface area contributed by atoms with Gasteiger partial charge in [-0.05, 0) is 30.3 Å². The van der Waals surface area contributed by atoms with Crippen LogP contribution in [0.15, 0.2) is 42.6 Å². The van der Waals surface area contributed by atoms with E-state index < -0.39 is 5.97 Å². The summed E-state index contributed by atoms with van der Waals surface area (Å²) in [5, 5.41) is 8.91. The molecule has 1 heterocycles. The van der Waals surface area contributed by atoms with Gasteiger partial charge in [-0.1, -0.05) is 6.07 Å². The van der Waals surface area contributed by atoms with Crippen molar-refractivity contribution in [3.8, 4) is 0 Å². The highest BCUT2D eigenvalue weighted by Gasteiger charge is 2.09. The molecule has 0 unspecified atom stereocenters. The third kappa shape index (κ3) is 3.26. The number of aromatic carboxylic acids is 1. The Hall–Kier alpha value is -2.56. The van der Waals surface area contributed by atoms with Crippen LogP contribution in [0.4, 0.5) is 11.4 Å². The van der Waals surface area contributed by atoms with E-state index in [1.165, 1.54) is 6.07 Å². The van der Waals surface area contributed by atoms with Crippen molar-refractivity contribution >= 4 is 17.3 Å². The minimum Gasteiger partial charge on any atom is -0.478 e. The summed E-state index contributed by atoms with van der Waals surface area (Å²) in [5.74, 6) is -0.973. The number of rotatable bonds is 5. The second-order valence-corrected chi connectivity index (χ2v) is 4.57. The summed E-state index contributed by atoms with van der Waals surface area (Å²) in [7, 11) is 1.93. The van der Waals surface area contributed by atoms with E-state index in [0.29, 0.717) is 5.69 Å². The Morgan fingerprint density at radius 1 is 1.35 bits per heavy atom. The summed E-state index contributed by atoms with van der Waals surface area (Å²) in [5.41, 5.74) is 8.41. The molecule has 5 heteroatoms. The van der Waals surface area contributed by atoms with Crippen LogP contribution in [0.1, 0.15) is 16.1 Å². The highest BCUT2D eigenvalue weighted by atomic mass is 16.4. The van der Waals surface area contributed by atoms with Crippen LogP contribution in [0, 0.1) is 0 Å². The molecule has 0 aliphatic heterocycles. The molecular weight excluding hydrogens is 254 g/mol. The molecule has 0 bridgehead atoms. The van der Waals surface area contributed by atoms with Gasteiger partial charge < -0.3 is 15.7 Å². The number of carboxylic acid groups (broad SMARTS) is 1. The number of pyridine rings is 1. The number of carbonyl (C=O) groups is 1. The number of anilines is 2. The zero-order valence-electron chi connectivity index (χ0n) is 11.3. The number of nitrogens with zero attached hydrogens (tertiary/aromatic N) is 2. The summed E-state index contributed by atoms with van der Waals surface area (Å²) in [4.78, 5) is 17.1. The molecule has 0 saturated carbocycles. The molecule has 20 heavy (non-hydrogen) atoms. The molecule has 0 aliphatic rings. The monoisotopic (exact) mass is 271 g/mol. The Morgan fingerprint density at radius 3 is 2.75 bits per heavy atom. The number of nitrogen functional groups attached to an aromatic ring is 1. The third-order valence-corrected chi connectivity index (χ3v) is 3.12. The van der Waals surface area contributed by atoms with Gasteiger partial charge in [-0.25, -0.2) is 4.79 Å². The molecule has 0 spiro atoms. The molecule has 3 N–H and O–H groups in total. The first-order valence-corrected chi connectivity index (χ1v) is 6.32. The molecule has 2 rings (SSSR count). The molecular formula is C15H17N3O2.